The summed E-state index contributed by atoms with van der Waals surface area (Å²) in [5, 5.41) is 3.05. The first kappa shape index (κ1) is 12.7. The van der Waals surface area contributed by atoms with Gasteiger partial charge in [-0.3, -0.25) is 4.99 Å². The van der Waals surface area contributed by atoms with E-state index in [0.717, 1.165) is 25.7 Å². The van der Waals surface area contributed by atoms with Gasteiger partial charge >= 0.3 is 0 Å². The Bertz CT molecular complexity index is 386. The van der Waals surface area contributed by atoms with E-state index in [4.69, 9.17) is 5.73 Å². The molecular weight excluding hydrogens is 238 g/mol. The van der Waals surface area contributed by atoms with Crippen molar-refractivity contribution in [1.82, 2.24) is 5.32 Å². The van der Waals surface area contributed by atoms with Gasteiger partial charge in [0.05, 0.1) is 17.5 Å². The maximum Gasteiger partial charge on any atom is 0.189 e. The third kappa shape index (κ3) is 3.87. The smallest absolute Gasteiger partial charge is 0.189 e. The molecule has 2 rings (SSSR count). The van der Waals surface area contributed by atoms with Crippen LogP contribution in [0.1, 0.15) is 38.5 Å². The Morgan fingerprint density at radius 2 is 1.88 bits per heavy atom. The fraction of sp³-hybridized carbons (Fsp3) is 0.909. The normalized spacial score (nSPS) is 30.4. The number of hydrogen-bond acceptors (Lipinski definition) is 3. The Morgan fingerprint density at radius 1 is 1.18 bits per heavy atom. The highest BCUT2D eigenvalue weighted by atomic mass is 32.2. The highest BCUT2D eigenvalue weighted by Gasteiger charge is 2.25. The fourth-order valence-corrected chi connectivity index (χ4v) is 4.25. The largest absolute Gasteiger partial charge is 0.370 e. The molecule has 1 saturated heterocycles. The lowest BCUT2D eigenvalue weighted by Crippen LogP contribution is -2.46. The molecule has 5 nitrogen and oxygen atoms in total. The van der Waals surface area contributed by atoms with Crippen molar-refractivity contribution in [3.63, 3.8) is 0 Å². The van der Waals surface area contributed by atoms with Crippen molar-refractivity contribution in [3.8, 4) is 0 Å². The summed E-state index contributed by atoms with van der Waals surface area (Å²) in [6.45, 7) is 0. The lowest BCUT2D eigenvalue weighted by atomic mass is 10.2. The van der Waals surface area contributed by atoms with Crippen LogP contribution in [0, 0.1) is 0 Å². The third-order valence-corrected chi connectivity index (χ3v) is 5.28. The molecule has 3 N–H and O–H groups in total. The number of sulfone groups is 1. The van der Waals surface area contributed by atoms with Crippen molar-refractivity contribution in [1.29, 1.82) is 0 Å². The van der Waals surface area contributed by atoms with Crippen LogP contribution >= 0.6 is 0 Å². The summed E-state index contributed by atoms with van der Waals surface area (Å²) in [6, 6.07) is 0.279. The van der Waals surface area contributed by atoms with Crippen molar-refractivity contribution in [2.24, 2.45) is 10.7 Å². The molecule has 1 atom stereocenters. The predicted octanol–water partition coefficient (Wildman–Crippen LogP) is 0.410. The molecular formula is C11H21N3O2S. The minimum atomic E-state index is -2.88. The van der Waals surface area contributed by atoms with Gasteiger partial charge in [-0.2, -0.15) is 0 Å². The van der Waals surface area contributed by atoms with Crippen LogP contribution in [0.3, 0.4) is 0 Å². The minimum Gasteiger partial charge on any atom is -0.370 e. The van der Waals surface area contributed by atoms with Crippen molar-refractivity contribution in [2.45, 2.75) is 50.6 Å². The zero-order chi connectivity index (χ0) is 12.3. The minimum absolute atomic E-state index is 0.0566. The Morgan fingerprint density at radius 3 is 2.53 bits per heavy atom. The maximum absolute atomic E-state index is 11.5. The molecule has 6 heteroatoms. The van der Waals surface area contributed by atoms with E-state index in [0.29, 0.717) is 17.8 Å². The van der Waals surface area contributed by atoms with Gasteiger partial charge in [0.15, 0.2) is 15.8 Å². The molecule has 1 heterocycles. The molecule has 17 heavy (non-hydrogen) atoms. The predicted molar refractivity (Wildman–Crippen MR) is 68.7 cm³/mol. The number of nitrogens with two attached hydrogens (primary N) is 1. The monoisotopic (exact) mass is 259 g/mol. The molecule has 2 aliphatic rings. The Balaban J connectivity index is 1.87. The summed E-state index contributed by atoms with van der Waals surface area (Å²) < 4.78 is 22.9. The van der Waals surface area contributed by atoms with E-state index < -0.39 is 9.84 Å². The van der Waals surface area contributed by atoms with Gasteiger partial charge in [-0.25, -0.2) is 8.42 Å². The Hall–Kier alpha value is -0.780. The average molecular weight is 259 g/mol. The van der Waals surface area contributed by atoms with Crippen LogP contribution in [0.15, 0.2) is 4.99 Å². The van der Waals surface area contributed by atoms with E-state index in [1.54, 1.807) is 0 Å². The molecule has 0 radical (unpaired) electrons. The Labute approximate surface area is 103 Å². The van der Waals surface area contributed by atoms with Crippen LogP contribution in [0.4, 0.5) is 0 Å². The van der Waals surface area contributed by atoms with Crippen molar-refractivity contribution < 1.29 is 8.42 Å². The number of rotatable bonds is 2. The maximum atomic E-state index is 11.5. The summed E-state index contributed by atoms with van der Waals surface area (Å²) in [5.74, 6) is 0.914. The fourth-order valence-electron chi connectivity index (χ4n) is 2.61. The number of nitrogens with one attached hydrogen (secondary N) is 1. The topological polar surface area (TPSA) is 84.5 Å². The molecule has 0 aromatic rings. The van der Waals surface area contributed by atoms with Crippen molar-refractivity contribution in [2.75, 3.05) is 11.5 Å². The highest BCUT2D eigenvalue weighted by molar-refractivity contribution is 7.91. The zero-order valence-corrected chi connectivity index (χ0v) is 10.9. The van der Waals surface area contributed by atoms with Gasteiger partial charge in [-0.05, 0) is 25.7 Å². The van der Waals surface area contributed by atoms with E-state index >= 15 is 0 Å². The van der Waals surface area contributed by atoms with Crippen molar-refractivity contribution in [3.05, 3.63) is 0 Å². The molecule has 1 aliphatic heterocycles. The first-order chi connectivity index (χ1) is 8.05. The molecule has 0 spiro atoms. The van der Waals surface area contributed by atoms with Gasteiger partial charge in [-0.1, -0.05) is 12.8 Å². The van der Waals surface area contributed by atoms with E-state index in [2.05, 4.69) is 10.3 Å². The van der Waals surface area contributed by atoms with Crippen LogP contribution in [-0.2, 0) is 9.84 Å². The van der Waals surface area contributed by atoms with Gasteiger partial charge in [0.25, 0.3) is 0 Å². The zero-order valence-electron chi connectivity index (χ0n) is 10.1. The SMILES string of the molecule is NC(=NC1CCCC1)NC1CCCS(=O)(=O)C1. The van der Waals surface area contributed by atoms with Crippen molar-refractivity contribution >= 4 is 15.8 Å². The number of nitrogens with zero attached hydrogens (tertiary/aromatic N) is 1. The second-order valence-corrected chi connectivity index (χ2v) is 7.28. The summed E-state index contributed by atoms with van der Waals surface area (Å²) >= 11 is 0. The molecule has 0 amide bonds. The average Bonchev–Trinajstić information content (AvgIpc) is 2.68. The second-order valence-electron chi connectivity index (χ2n) is 5.05. The number of hydrogen-bond donors (Lipinski definition) is 2. The van der Waals surface area contributed by atoms with Gasteiger partial charge in [0.2, 0.25) is 0 Å². The molecule has 0 aromatic carbocycles. The highest BCUT2D eigenvalue weighted by Crippen LogP contribution is 2.20. The second kappa shape index (κ2) is 5.25. The summed E-state index contributed by atoms with van der Waals surface area (Å²) in [6.07, 6.45) is 6.23. The van der Waals surface area contributed by atoms with Gasteiger partial charge in [0, 0.05) is 6.04 Å². The van der Waals surface area contributed by atoms with Gasteiger partial charge < -0.3 is 11.1 Å². The summed E-state index contributed by atoms with van der Waals surface area (Å²) in [4.78, 5) is 4.41. The molecule has 1 unspecified atom stereocenters. The Kier molecular flexibility index (Phi) is 3.91. The van der Waals surface area contributed by atoms with Crippen LogP contribution in [0.2, 0.25) is 0 Å². The molecule has 0 bridgehead atoms. The van der Waals surface area contributed by atoms with E-state index in [-0.39, 0.29) is 11.8 Å². The summed E-state index contributed by atoms with van der Waals surface area (Å²) in [7, 11) is -2.88. The lowest BCUT2D eigenvalue weighted by molar-refractivity contribution is 0.528. The van der Waals surface area contributed by atoms with Crippen LogP contribution < -0.4 is 11.1 Å². The van der Waals surface area contributed by atoms with E-state index in [1.165, 1.54) is 12.8 Å². The van der Waals surface area contributed by atoms with E-state index in [1.807, 2.05) is 0 Å². The van der Waals surface area contributed by atoms with Crippen LogP contribution in [0.25, 0.3) is 0 Å². The first-order valence-electron chi connectivity index (χ1n) is 6.35. The molecule has 1 aliphatic carbocycles. The summed E-state index contributed by atoms with van der Waals surface area (Å²) in [5.41, 5.74) is 5.82. The van der Waals surface area contributed by atoms with Crippen LogP contribution in [-0.4, -0.2) is 38.0 Å². The van der Waals surface area contributed by atoms with Gasteiger partial charge in [-0.15, -0.1) is 0 Å². The molecule has 1 saturated carbocycles. The number of aliphatic imine (C=N–C) groups is 1. The standard InChI is InChI=1S/C11H21N3O2S/c12-11(13-9-4-1-2-5-9)14-10-6-3-7-17(15,16)8-10/h9-10H,1-8H2,(H3,12,13,14). The van der Waals surface area contributed by atoms with E-state index in [9.17, 15) is 8.42 Å². The lowest BCUT2D eigenvalue weighted by Gasteiger charge is -2.23. The van der Waals surface area contributed by atoms with Crippen LogP contribution in [0.5, 0.6) is 0 Å². The third-order valence-electron chi connectivity index (χ3n) is 3.46. The molecule has 2 fully saturated rings. The molecule has 98 valence electrons. The quantitative estimate of drug-likeness (QED) is 0.555. The first-order valence-corrected chi connectivity index (χ1v) is 8.17. The molecule has 0 aromatic heterocycles. The number of guanidine groups is 1. The van der Waals surface area contributed by atoms with Gasteiger partial charge in [0.1, 0.15) is 0 Å².